The summed E-state index contributed by atoms with van der Waals surface area (Å²) in [5, 5.41) is 8.86. The minimum Gasteiger partial charge on any atom is -0.490 e. The van der Waals surface area contributed by atoms with Crippen LogP contribution in [-0.4, -0.2) is 33.8 Å². The molecule has 5 rings (SSSR count). The van der Waals surface area contributed by atoms with Crippen molar-refractivity contribution in [1.82, 2.24) is 14.8 Å². The number of ether oxygens (including phenoxy) is 2. The lowest BCUT2D eigenvalue weighted by Crippen LogP contribution is -2.13. The first-order valence-electron chi connectivity index (χ1n) is 10.2. The van der Waals surface area contributed by atoms with Crippen LogP contribution in [-0.2, 0) is 13.6 Å². The van der Waals surface area contributed by atoms with Crippen molar-refractivity contribution in [3.05, 3.63) is 77.6 Å². The quantitative estimate of drug-likeness (QED) is 0.482. The van der Waals surface area contributed by atoms with Crippen molar-refractivity contribution in [2.45, 2.75) is 13.5 Å². The van der Waals surface area contributed by atoms with Gasteiger partial charge in [0.1, 0.15) is 24.7 Å². The smallest absolute Gasteiger partial charge is 0.240 e. The van der Waals surface area contributed by atoms with Gasteiger partial charge in [-0.2, -0.15) is 0 Å². The van der Waals surface area contributed by atoms with Gasteiger partial charge in [0.15, 0.2) is 5.84 Å². The van der Waals surface area contributed by atoms with E-state index in [1.54, 1.807) is 6.20 Å². The third-order valence-corrected chi connectivity index (χ3v) is 5.22. The summed E-state index contributed by atoms with van der Waals surface area (Å²) in [6.07, 6.45) is 1.79. The molecular formula is C24H23N5O2. The monoisotopic (exact) mass is 413 g/mol. The fraction of sp³-hybridized carbons (Fsp3) is 0.208. The second-order valence-electron chi connectivity index (χ2n) is 7.47. The molecule has 3 heterocycles. The number of hydrogen-bond acceptors (Lipinski definition) is 6. The Balaban J connectivity index is 1.25. The van der Waals surface area contributed by atoms with E-state index in [1.165, 1.54) is 5.56 Å². The summed E-state index contributed by atoms with van der Waals surface area (Å²) in [7, 11) is 1.91. The number of benzene rings is 2. The number of nitrogens with one attached hydrogen (secondary N) is 1. The SMILES string of the molecule is Cc1ccc(OCCOc2nn(C)c3cc(NC4=NCc5cccnc54)ccc23)cc1. The first-order chi connectivity index (χ1) is 15.2. The molecule has 0 unspecified atom stereocenters. The van der Waals surface area contributed by atoms with E-state index in [0.717, 1.165) is 39.4 Å². The highest BCUT2D eigenvalue weighted by atomic mass is 16.5. The number of pyridine rings is 1. The molecule has 7 nitrogen and oxygen atoms in total. The molecule has 1 N–H and O–H groups in total. The molecule has 4 aromatic rings. The van der Waals surface area contributed by atoms with E-state index in [2.05, 4.69) is 33.4 Å². The molecule has 31 heavy (non-hydrogen) atoms. The van der Waals surface area contributed by atoms with Gasteiger partial charge in [-0.1, -0.05) is 23.8 Å². The van der Waals surface area contributed by atoms with Gasteiger partial charge in [-0.15, -0.1) is 5.10 Å². The molecule has 0 bridgehead atoms. The zero-order valence-corrected chi connectivity index (χ0v) is 17.5. The molecule has 0 radical (unpaired) electrons. The third-order valence-electron chi connectivity index (χ3n) is 5.22. The summed E-state index contributed by atoms with van der Waals surface area (Å²) in [6.45, 7) is 3.57. The van der Waals surface area contributed by atoms with Crippen molar-refractivity contribution < 1.29 is 9.47 Å². The predicted molar refractivity (Wildman–Crippen MR) is 121 cm³/mol. The fourth-order valence-corrected chi connectivity index (χ4v) is 3.59. The van der Waals surface area contributed by atoms with Crippen molar-refractivity contribution in [1.29, 1.82) is 0 Å². The lowest BCUT2D eigenvalue weighted by Gasteiger charge is -2.08. The van der Waals surface area contributed by atoms with Crippen molar-refractivity contribution in [2.75, 3.05) is 18.5 Å². The number of aryl methyl sites for hydroxylation is 2. The van der Waals surface area contributed by atoms with E-state index in [4.69, 9.17) is 9.47 Å². The summed E-state index contributed by atoms with van der Waals surface area (Å²) < 4.78 is 13.4. The van der Waals surface area contributed by atoms with Gasteiger partial charge in [-0.3, -0.25) is 14.7 Å². The molecule has 0 aliphatic carbocycles. The number of nitrogens with zero attached hydrogens (tertiary/aromatic N) is 4. The van der Waals surface area contributed by atoms with Crippen molar-refractivity contribution in [2.24, 2.45) is 12.0 Å². The van der Waals surface area contributed by atoms with Crippen LogP contribution in [0.3, 0.4) is 0 Å². The van der Waals surface area contributed by atoms with Gasteiger partial charge in [0.25, 0.3) is 0 Å². The summed E-state index contributed by atoms with van der Waals surface area (Å²) in [4.78, 5) is 9.01. The Hall–Kier alpha value is -3.87. The number of anilines is 1. The van der Waals surface area contributed by atoms with Gasteiger partial charge in [0.05, 0.1) is 17.4 Å². The van der Waals surface area contributed by atoms with Crippen LogP contribution in [0.15, 0.2) is 65.8 Å². The highest BCUT2D eigenvalue weighted by Crippen LogP contribution is 2.28. The maximum Gasteiger partial charge on any atom is 0.240 e. The molecule has 0 amide bonds. The largest absolute Gasteiger partial charge is 0.490 e. The Bertz CT molecular complexity index is 1260. The highest BCUT2D eigenvalue weighted by molar-refractivity contribution is 6.09. The van der Waals surface area contributed by atoms with Crippen LogP contribution in [0.25, 0.3) is 10.9 Å². The van der Waals surface area contributed by atoms with Crippen LogP contribution in [0, 0.1) is 6.92 Å². The van der Waals surface area contributed by atoms with E-state index in [9.17, 15) is 0 Å². The number of amidine groups is 1. The zero-order valence-electron chi connectivity index (χ0n) is 17.5. The minimum absolute atomic E-state index is 0.416. The molecule has 0 saturated carbocycles. The van der Waals surface area contributed by atoms with Gasteiger partial charge >= 0.3 is 0 Å². The van der Waals surface area contributed by atoms with Crippen LogP contribution in [0.4, 0.5) is 5.69 Å². The predicted octanol–water partition coefficient (Wildman–Crippen LogP) is 4.11. The second-order valence-corrected chi connectivity index (χ2v) is 7.47. The normalized spacial score (nSPS) is 12.5. The fourth-order valence-electron chi connectivity index (χ4n) is 3.59. The third kappa shape index (κ3) is 3.94. The van der Waals surface area contributed by atoms with Crippen LogP contribution < -0.4 is 14.8 Å². The number of rotatable bonds is 6. The molecule has 0 saturated heterocycles. The van der Waals surface area contributed by atoms with Gasteiger partial charge in [-0.25, -0.2) is 0 Å². The molecule has 0 atom stereocenters. The number of aliphatic imine (C=N–C) groups is 1. The Morgan fingerprint density at radius 1 is 1.03 bits per heavy atom. The van der Waals surface area contributed by atoms with Gasteiger partial charge in [0, 0.05) is 24.5 Å². The topological polar surface area (TPSA) is 73.6 Å². The first-order valence-corrected chi connectivity index (χ1v) is 10.2. The first kappa shape index (κ1) is 19.1. The summed E-state index contributed by atoms with van der Waals surface area (Å²) in [5.41, 5.74) is 5.15. The van der Waals surface area contributed by atoms with E-state index in [1.807, 2.05) is 60.3 Å². The average Bonchev–Trinajstić information content (AvgIpc) is 3.33. The molecule has 0 fully saturated rings. The maximum absolute atomic E-state index is 5.89. The zero-order chi connectivity index (χ0) is 21.2. The molecular weight excluding hydrogens is 390 g/mol. The summed E-state index contributed by atoms with van der Waals surface area (Å²) in [6, 6.07) is 18.0. The van der Waals surface area contributed by atoms with E-state index < -0.39 is 0 Å². The lowest BCUT2D eigenvalue weighted by atomic mass is 10.2. The number of fused-ring (bicyclic) bond motifs is 2. The van der Waals surface area contributed by atoms with Crippen LogP contribution >= 0.6 is 0 Å². The molecule has 1 aliphatic heterocycles. The Kier molecular flexibility index (Phi) is 5.00. The molecule has 2 aromatic heterocycles. The van der Waals surface area contributed by atoms with Gasteiger partial charge in [-0.05, 0) is 43.3 Å². The van der Waals surface area contributed by atoms with Gasteiger partial charge in [0.2, 0.25) is 5.88 Å². The van der Waals surface area contributed by atoms with Crippen LogP contribution in [0.1, 0.15) is 16.8 Å². The van der Waals surface area contributed by atoms with Gasteiger partial charge < -0.3 is 14.8 Å². The Labute approximate surface area is 180 Å². The lowest BCUT2D eigenvalue weighted by molar-refractivity contribution is 0.212. The summed E-state index contributed by atoms with van der Waals surface area (Å²) >= 11 is 0. The van der Waals surface area contributed by atoms with E-state index in [0.29, 0.717) is 25.6 Å². The Morgan fingerprint density at radius 2 is 1.87 bits per heavy atom. The minimum atomic E-state index is 0.416. The van der Waals surface area contributed by atoms with Crippen molar-refractivity contribution in [3.8, 4) is 11.6 Å². The highest BCUT2D eigenvalue weighted by Gasteiger charge is 2.17. The van der Waals surface area contributed by atoms with Crippen molar-refractivity contribution >= 4 is 22.4 Å². The van der Waals surface area contributed by atoms with Crippen molar-refractivity contribution in [3.63, 3.8) is 0 Å². The molecule has 0 spiro atoms. The average molecular weight is 413 g/mol. The number of aromatic nitrogens is 3. The van der Waals surface area contributed by atoms with Crippen LogP contribution in [0.5, 0.6) is 11.6 Å². The molecule has 2 aromatic carbocycles. The number of hydrogen-bond donors (Lipinski definition) is 1. The van der Waals surface area contributed by atoms with E-state index in [-0.39, 0.29) is 0 Å². The van der Waals surface area contributed by atoms with E-state index >= 15 is 0 Å². The molecule has 7 heteroatoms. The molecule has 1 aliphatic rings. The maximum atomic E-state index is 5.89. The molecule has 156 valence electrons. The Morgan fingerprint density at radius 3 is 2.74 bits per heavy atom. The summed E-state index contributed by atoms with van der Waals surface area (Å²) in [5.74, 6) is 2.23. The van der Waals surface area contributed by atoms with Crippen LogP contribution in [0.2, 0.25) is 0 Å². The second kappa shape index (κ2) is 8.10. The standard InChI is InChI=1S/C24H23N5O2/c1-16-5-8-19(9-6-16)30-12-13-31-24-20-10-7-18(14-21(20)29(2)28-24)27-23-22-17(15-26-23)4-3-11-25-22/h3-11,14H,12-13,15H2,1-2H3,(H,26,27).